The van der Waals surface area contributed by atoms with Crippen molar-refractivity contribution in [3.63, 3.8) is 0 Å². The summed E-state index contributed by atoms with van der Waals surface area (Å²) >= 11 is 13.4. The summed E-state index contributed by atoms with van der Waals surface area (Å²) in [5.41, 5.74) is 2.87. The highest BCUT2D eigenvalue weighted by Crippen LogP contribution is 2.20. The molecule has 3 N–H and O–H groups in total. The summed E-state index contributed by atoms with van der Waals surface area (Å²) in [6.45, 7) is 0. The van der Waals surface area contributed by atoms with E-state index >= 15 is 0 Å². The summed E-state index contributed by atoms with van der Waals surface area (Å²) in [5.74, 6) is -1.23. The number of carbonyl (C=O) groups excluding carboxylic acids is 2. The third-order valence-corrected chi connectivity index (χ3v) is 5.18. The monoisotopic (exact) mass is 459 g/mol. The van der Waals surface area contributed by atoms with E-state index < -0.39 is 11.8 Å². The molecule has 0 aliphatic heterocycles. The van der Waals surface area contributed by atoms with Gasteiger partial charge in [0, 0.05) is 15.5 Å². The number of phenolic OH excluding ortho intramolecular Hbond substituents is 1. The minimum Gasteiger partial charge on any atom is -0.507 e. The quantitative estimate of drug-likeness (QED) is 0.283. The van der Waals surface area contributed by atoms with Crippen molar-refractivity contribution in [2.45, 2.75) is 0 Å². The van der Waals surface area contributed by atoms with E-state index in [1.165, 1.54) is 41.8 Å². The number of phenols is 1. The van der Waals surface area contributed by atoms with Gasteiger partial charge in [0.15, 0.2) is 0 Å². The predicted molar refractivity (Wildman–Crippen MR) is 120 cm³/mol. The minimum absolute atomic E-state index is 0.0187. The van der Waals surface area contributed by atoms with Crippen LogP contribution in [0.2, 0.25) is 10.0 Å². The van der Waals surface area contributed by atoms with Gasteiger partial charge in [-0.25, -0.2) is 5.43 Å². The molecule has 3 rings (SSSR count). The van der Waals surface area contributed by atoms with E-state index in [1.54, 1.807) is 30.3 Å². The molecule has 0 unspecified atom stereocenters. The van der Waals surface area contributed by atoms with Crippen molar-refractivity contribution in [2.24, 2.45) is 5.10 Å². The van der Waals surface area contributed by atoms with Gasteiger partial charge in [-0.05, 0) is 47.9 Å². The lowest BCUT2D eigenvalue weighted by Gasteiger charge is -2.09. The molecule has 0 saturated heterocycles. The first-order valence-corrected chi connectivity index (χ1v) is 10.2. The molecule has 30 heavy (non-hydrogen) atoms. The Balaban J connectivity index is 1.79. The highest BCUT2D eigenvalue weighted by molar-refractivity contribution is 7.10. The Bertz CT molecular complexity index is 1130. The van der Waals surface area contributed by atoms with Crippen LogP contribution in [0.4, 0.5) is 0 Å². The first-order chi connectivity index (χ1) is 14.4. The van der Waals surface area contributed by atoms with Crippen LogP contribution in [0.5, 0.6) is 5.75 Å². The molecule has 9 heteroatoms. The molecule has 2 amide bonds. The fraction of sp³-hybridized carbons (Fsp3) is 0. The first kappa shape index (κ1) is 21.6. The summed E-state index contributed by atoms with van der Waals surface area (Å²) in [6, 6.07) is 14.6. The minimum atomic E-state index is -0.651. The lowest BCUT2D eigenvalue weighted by Crippen LogP contribution is -2.32. The molecule has 0 saturated carbocycles. The number of rotatable bonds is 6. The van der Waals surface area contributed by atoms with E-state index in [-0.39, 0.29) is 22.0 Å². The zero-order valence-corrected chi connectivity index (χ0v) is 17.6. The van der Waals surface area contributed by atoms with Crippen LogP contribution < -0.4 is 10.7 Å². The van der Waals surface area contributed by atoms with Gasteiger partial charge in [0.2, 0.25) is 0 Å². The molecule has 1 aromatic heterocycles. The number of hydrogen-bond donors (Lipinski definition) is 3. The molecule has 0 atom stereocenters. The van der Waals surface area contributed by atoms with Gasteiger partial charge in [-0.3, -0.25) is 9.59 Å². The van der Waals surface area contributed by atoms with Gasteiger partial charge >= 0.3 is 0 Å². The molecule has 6 nitrogen and oxygen atoms in total. The Morgan fingerprint density at radius 2 is 1.87 bits per heavy atom. The normalized spacial score (nSPS) is 11.5. The van der Waals surface area contributed by atoms with E-state index in [1.807, 2.05) is 11.4 Å². The van der Waals surface area contributed by atoms with Crippen LogP contribution in [0, 0.1) is 0 Å². The molecule has 0 aliphatic rings. The molecular weight excluding hydrogens is 445 g/mol. The van der Waals surface area contributed by atoms with Crippen LogP contribution in [0.25, 0.3) is 6.08 Å². The van der Waals surface area contributed by atoms with Gasteiger partial charge < -0.3 is 10.4 Å². The van der Waals surface area contributed by atoms with Crippen molar-refractivity contribution >= 4 is 58.6 Å². The summed E-state index contributed by atoms with van der Waals surface area (Å²) in [7, 11) is 0. The van der Waals surface area contributed by atoms with Gasteiger partial charge in [0.05, 0.1) is 16.8 Å². The highest BCUT2D eigenvalue weighted by Gasteiger charge is 2.16. The van der Waals surface area contributed by atoms with E-state index in [4.69, 9.17) is 23.2 Å². The van der Waals surface area contributed by atoms with Gasteiger partial charge in [-0.2, -0.15) is 5.10 Å². The van der Waals surface area contributed by atoms with Crippen molar-refractivity contribution in [3.05, 3.63) is 91.7 Å². The lowest BCUT2D eigenvalue weighted by atomic mass is 10.2. The third-order valence-electron chi connectivity index (χ3n) is 3.80. The number of aromatic hydroxyl groups is 1. The van der Waals surface area contributed by atoms with Crippen LogP contribution in [0.1, 0.15) is 20.8 Å². The SMILES string of the molecule is O=C(N/N=C/c1cc(Cl)ccc1O)/C(=C\c1cccs1)NC(=O)c1ccccc1Cl. The fourth-order valence-electron chi connectivity index (χ4n) is 2.36. The number of hydrazone groups is 1. The number of carbonyl (C=O) groups is 2. The number of benzene rings is 2. The number of halogens is 2. The number of amides is 2. The maximum Gasteiger partial charge on any atom is 0.287 e. The predicted octanol–water partition coefficient (Wildman–Crippen LogP) is 4.68. The van der Waals surface area contributed by atoms with E-state index in [0.717, 1.165) is 4.88 Å². The van der Waals surface area contributed by atoms with Crippen LogP contribution in [-0.2, 0) is 4.79 Å². The molecule has 1 heterocycles. The van der Waals surface area contributed by atoms with Crippen LogP contribution in [-0.4, -0.2) is 23.1 Å². The Kier molecular flexibility index (Phi) is 7.24. The maximum absolute atomic E-state index is 12.6. The molecule has 152 valence electrons. The second-order valence-corrected chi connectivity index (χ2v) is 7.73. The summed E-state index contributed by atoms with van der Waals surface area (Å²) in [6.07, 6.45) is 2.78. The Morgan fingerprint density at radius 3 is 2.60 bits per heavy atom. The molecule has 3 aromatic rings. The fourth-order valence-corrected chi connectivity index (χ4v) is 3.42. The Labute approximate surface area is 186 Å². The summed E-state index contributed by atoms with van der Waals surface area (Å²) < 4.78 is 0. The Hall–Kier alpha value is -3.13. The molecule has 0 radical (unpaired) electrons. The standard InChI is InChI=1S/C21H15Cl2N3O3S/c22-14-7-8-19(27)13(10-14)12-24-26-21(29)18(11-15-4-3-9-30-15)25-20(28)16-5-1-2-6-17(16)23/h1-12,27H,(H,25,28)(H,26,29)/b18-11+,24-12+. The third kappa shape index (κ3) is 5.70. The van der Waals surface area contributed by atoms with Crippen molar-refractivity contribution in [2.75, 3.05) is 0 Å². The van der Waals surface area contributed by atoms with E-state index in [2.05, 4.69) is 15.8 Å². The number of nitrogens with one attached hydrogen (secondary N) is 2. The Morgan fingerprint density at radius 1 is 1.07 bits per heavy atom. The second-order valence-electron chi connectivity index (χ2n) is 5.91. The van der Waals surface area contributed by atoms with E-state index in [9.17, 15) is 14.7 Å². The van der Waals surface area contributed by atoms with Crippen LogP contribution in [0.3, 0.4) is 0 Å². The molecule has 0 bridgehead atoms. The van der Waals surface area contributed by atoms with Gasteiger partial charge in [-0.15, -0.1) is 11.3 Å². The summed E-state index contributed by atoms with van der Waals surface area (Å²) in [4.78, 5) is 26.0. The highest BCUT2D eigenvalue weighted by atomic mass is 35.5. The topological polar surface area (TPSA) is 90.8 Å². The van der Waals surface area contributed by atoms with Gasteiger partial charge in [-0.1, -0.05) is 41.4 Å². The van der Waals surface area contributed by atoms with Gasteiger partial charge in [0.1, 0.15) is 11.4 Å². The zero-order chi connectivity index (χ0) is 21.5. The number of thiophene rings is 1. The molecular formula is C21H15Cl2N3O3S. The molecule has 0 aliphatic carbocycles. The zero-order valence-electron chi connectivity index (χ0n) is 15.3. The average Bonchev–Trinajstić information content (AvgIpc) is 3.23. The number of nitrogens with zero attached hydrogens (tertiary/aromatic N) is 1. The second kappa shape index (κ2) is 10.1. The average molecular weight is 460 g/mol. The van der Waals surface area contributed by atoms with Crippen LogP contribution in [0.15, 0.2) is 70.8 Å². The van der Waals surface area contributed by atoms with Crippen LogP contribution >= 0.6 is 34.5 Å². The lowest BCUT2D eigenvalue weighted by molar-refractivity contribution is -0.117. The largest absolute Gasteiger partial charge is 0.507 e. The molecule has 2 aromatic carbocycles. The summed E-state index contributed by atoms with van der Waals surface area (Å²) in [5, 5.41) is 18.7. The van der Waals surface area contributed by atoms with Crippen molar-refractivity contribution in [3.8, 4) is 5.75 Å². The number of hydrogen-bond acceptors (Lipinski definition) is 5. The molecule has 0 spiro atoms. The molecule has 0 fully saturated rings. The first-order valence-electron chi connectivity index (χ1n) is 8.57. The van der Waals surface area contributed by atoms with Crippen molar-refractivity contribution in [1.82, 2.24) is 10.7 Å². The van der Waals surface area contributed by atoms with Gasteiger partial charge in [0.25, 0.3) is 11.8 Å². The van der Waals surface area contributed by atoms with Crippen molar-refractivity contribution < 1.29 is 14.7 Å². The van der Waals surface area contributed by atoms with Crippen molar-refractivity contribution in [1.29, 1.82) is 0 Å². The van der Waals surface area contributed by atoms with E-state index in [0.29, 0.717) is 10.6 Å². The smallest absolute Gasteiger partial charge is 0.287 e. The maximum atomic E-state index is 12.6.